The lowest BCUT2D eigenvalue weighted by Gasteiger charge is -2.64. The van der Waals surface area contributed by atoms with E-state index in [-0.39, 0.29) is 17.1 Å². The molecule has 3 saturated carbocycles. The van der Waals surface area contributed by atoms with Crippen molar-refractivity contribution in [1.82, 2.24) is 0 Å². The van der Waals surface area contributed by atoms with Crippen LogP contribution in [-0.2, 0) is 20.5 Å². The Morgan fingerprint density at radius 2 is 2.00 bits per heavy atom. The number of halogens is 1. The molecular weight excluding hydrogens is 415 g/mol. The summed E-state index contributed by atoms with van der Waals surface area (Å²) in [6.07, 6.45) is 2.78. The number of benzene rings is 1. The van der Waals surface area contributed by atoms with Gasteiger partial charge in [-0.25, -0.2) is 4.79 Å². The Hall–Kier alpha value is -1.24. The Morgan fingerprint density at radius 3 is 2.61 bits per heavy atom. The standard InChI is InChI=1S/C24H34BClO5/c1-22(2,3)29-21(27)16-10-8-9-14(20(16)28-7)11-19(26)25-30-18-13-15-12-17(23(15,4)5)24(18,6)31-25/h8-10,15,17-19H,11-13H2,1-7H3/t15-,17+,18?,19-,24+/m1/s1. The molecule has 7 heteroatoms. The van der Waals surface area contributed by atoms with E-state index >= 15 is 0 Å². The van der Waals surface area contributed by atoms with Crippen LogP contribution in [0.3, 0.4) is 0 Å². The Morgan fingerprint density at radius 1 is 1.29 bits per heavy atom. The fraction of sp³-hybridized carbons (Fsp3) is 0.708. The summed E-state index contributed by atoms with van der Waals surface area (Å²) in [5.74, 6) is 1.26. The summed E-state index contributed by atoms with van der Waals surface area (Å²) in [6.45, 7) is 12.4. The maximum atomic E-state index is 12.7. The van der Waals surface area contributed by atoms with Crippen molar-refractivity contribution in [2.75, 3.05) is 7.11 Å². The molecule has 1 saturated heterocycles. The lowest BCUT2D eigenvalue weighted by Crippen LogP contribution is -2.65. The fourth-order valence-corrected chi connectivity index (χ4v) is 6.12. The van der Waals surface area contributed by atoms with Crippen molar-refractivity contribution in [2.45, 2.75) is 83.4 Å². The molecule has 5 nitrogen and oxygen atoms in total. The molecule has 0 radical (unpaired) electrons. The number of esters is 1. The zero-order valence-corrected chi connectivity index (χ0v) is 20.4. The summed E-state index contributed by atoms with van der Waals surface area (Å²) >= 11 is 6.83. The summed E-state index contributed by atoms with van der Waals surface area (Å²) in [4.78, 5) is 12.7. The van der Waals surface area contributed by atoms with E-state index in [4.69, 9.17) is 30.4 Å². The molecule has 170 valence electrons. The average molecular weight is 449 g/mol. The van der Waals surface area contributed by atoms with Gasteiger partial charge in [0.05, 0.1) is 24.1 Å². The third kappa shape index (κ3) is 3.89. The number of ether oxygens (including phenoxy) is 2. The second-order valence-corrected chi connectivity index (χ2v) is 11.6. The van der Waals surface area contributed by atoms with Gasteiger partial charge in [0.1, 0.15) is 16.9 Å². The molecule has 1 aliphatic heterocycles. The summed E-state index contributed by atoms with van der Waals surface area (Å²) < 4.78 is 24.0. The van der Waals surface area contributed by atoms with Crippen molar-refractivity contribution in [3.63, 3.8) is 0 Å². The molecule has 5 rings (SSSR count). The third-order valence-electron chi connectivity index (χ3n) is 7.60. The van der Waals surface area contributed by atoms with Crippen molar-refractivity contribution in [2.24, 2.45) is 17.3 Å². The van der Waals surface area contributed by atoms with Gasteiger partial charge >= 0.3 is 13.1 Å². The molecule has 4 fully saturated rings. The summed E-state index contributed by atoms with van der Waals surface area (Å²) in [5.41, 5.74) is 0.645. The zero-order valence-electron chi connectivity index (χ0n) is 19.7. The molecule has 0 N–H and O–H groups in total. The van der Waals surface area contributed by atoms with Crippen LogP contribution in [0.1, 0.15) is 70.3 Å². The van der Waals surface area contributed by atoms with E-state index in [1.807, 2.05) is 32.9 Å². The van der Waals surface area contributed by atoms with Gasteiger partial charge in [0, 0.05) is 0 Å². The van der Waals surface area contributed by atoms with Crippen LogP contribution in [0.2, 0.25) is 0 Å². The number of hydrogen-bond acceptors (Lipinski definition) is 5. The molecule has 0 amide bonds. The van der Waals surface area contributed by atoms with E-state index in [2.05, 4.69) is 20.8 Å². The van der Waals surface area contributed by atoms with Crippen molar-refractivity contribution in [3.8, 4) is 5.75 Å². The van der Waals surface area contributed by atoms with E-state index in [1.165, 1.54) is 6.42 Å². The van der Waals surface area contributed by atoms with E-state index in [0.717, 1.165) is 12.0 Å². The number of carbonyl (C=O) groups is 1. The normalized spacial score (nSPS) is 32.1. The number of hydrogen-bond donors (Lipinski definition) is 0. The Kier molecular flexibility index (Phi) is 5.68. The minimum atomic E-state index is -0.584. The largest absolute Gasteiger partial charge is 0.496 e. The fourth-order valence-electron chi connectivity index (χ4n) is 5.84. The van der Waals surface area contributed by atoms with Crippen molar-refractivity contribution in [1.29, 1.82) is 0 Å². The maximum absolute atomic E-state index is 12.7. The molecule has 1 aromatic carbocycles. The smallest absolute Gasteiger partial charge is 0.477 e. The summed E-state index contributed by atoms with van der Waals surface area (Å²) in [7, 11) is 1.07. The molecule has 0 spiro atoms. The number of carbonyl (C=O) groups excluding carboxylic acids is 1. The predicted octanol–water partition coefficient (Wildman–Crippen LogP) is 5.07. The van der Waals surface area contributed by atoms with E-state index < -0.39 is 24.0 Å². The Bertz CT molecular complexity index is 866. The van der Waals surface area contributed by atoms with Gasteiger partial charge in [-0.2, -0.15) is 0 Å². The quantitative estimate of drug-likeness (QED) is 0.358. The van der Waals surface area contributed by atoms with Crippen LogP contribution in [0, 0.1) is 17.3 Å². The highest BCUT2D eigenvalue weighted by Crippen LogP contribution is 2.65. The lowest BCUT2D eigenvalue weighted by atomic mass is 9.43. The zero-order chi connectivity index (χ0) is 22.8. The summed E-state index contributed by atoms with van der Waals surface area (Å²) in [6, 6.07) is 5.47. The average Bonchev–Trinajstić information content (AvgIpc) is 3.03. The lowest BCUT2D eigenvalue weighted by molar-refractivity contribution is -0.199. The van der Waals surface area contributed by atoms with Crippen molar-refractivity contribution in [3.05, 3.63) is 29.3 Å². The van der Waals surface area contributed by atoms with E-state index in [1.54, 1.807) is 13.2 Å². The summed E-state index contributed by atoms with van der Waals surface area (Å²) in [5, 5.41) is -0.398. The van der Waals surface area contributed by atoms with Crippen LogP contribution < -0.4 is 4.74 Å². The van der Waals surface area contributed by atoms with Crippen LogP contribution in [0.25, 0.3) is 0 Å². The predicted molar refractivity (Wildman–Crippen MR) is 122 cm³/mol. The monoisotopic (exact) mass is 448 g/mol. The number of rotatable bonds is 5. The molecule has 3 aliphatic carbocycles. The van der Waals surface area contributed by atoms with Crippen LogP contribution >= 0.6 is 11.6 Å². The number of para-hydroxylation sites is 1. The molecule has 1 heterocycles. The molecule has 2 bridgehead atoms. The topological polar surface area (TPSA) is 54.0 Å². The highest BCUT2D eigenvalue weighted by Gasteiger charge is 2.68. The molecule has 4 aliphatic rings. The second kappa shape index (κ2) is 7.67. The van der Waals surface area contributed by atoms with Gasteiger partial charge < -0.3 is 18.8 Å². The Labute approximate surface area is 191 Å². The van der Waals surface area contributed by atoms with Crippen LogP contribution in [0.5, 0.6) is 5.75 Å². The molecule has 1 aromatic rings. The highest BCUT2D eigenvalue weighted by atomic mass is 35.5. The number of methoxy groups -OCH3 is 1. The van der Waals surface area contributed by atoms with Gasteiger partial charge in [-0.3, -0.25) is 0 Å². The van der Waals surface area contributed by atoms with E-state index in [0.29, 0.717) is 29.6 Å². The minimum absolute atomic E-state index is 0.0884. The second-order valence-electron chi connectivity index (χ2n) is 11.1. The molecular formula is C24H34BClO5. The van der Waals surface area contributed by atoms with Crippen LogP contribution in [-0.4, -0.2) is 42.8 Å². The van der Waals surface area contributed by atoms with Gasteiger partial charge in [-0.15, -0.1) is 11.6 Å². The number of alkyl halides is 1. The van der Waals surface area contributed by atoms with Gasteiger partial charge in [0.25, 0.3) is 0 Å². The van der Waals surface area contributed by atoms with Crippen LogP contribution in [0.4, 0.5) is 0 Å². The van der Waals surface area contributed by atoms with Crippen molar-refractivity contribution < 1.29 is 23.6 Å². The van der Waals surface area contributed by atoms with Crippen molar-refractivity contribution >= 4 is 24.7 Å². The first-order valence-corrected chi connectivity index (χ1v) is 11.7. The maximum Gasteiger partial charge on any atom is 0.477 e. The molecule has 1 unspecified atom stereocenters. The SMILES string of the molecule is COc1c(C[C@@H](Cl)B2OC3C[C@H]4C[C@@H](C4(C)C)[C@]3(C)O2)cccc1C(=O)OC(C)(C)C. The van der Waals surface area contributed by atoms with Gasteiger partial charge in [-0.05, 0) is 75.8 Å². The Balaban J connectivity index is 1.50. The third-order valence-corrected chi connectivity index (χ3v) is 7.96. The molecule has 0 aromatic heterocycles. The first-order valence-electron chi connectivity index (χ1n) is 11.2. The van der Waals surface area contributed by atoms with E-state index in [9.17, 15) is 4.79 Å². The molecule has 5 atom stereocenters. The van der Waals surface area contributed by atoms with Crippen LogP contribution in [0.15, 0.2) is 18.2 Å². The van der Waals surface area contributed by atoms with Gasteiger partial charge in [0.2, 0.25) is 0 Å². The highest BCUT2D eigenvalue weighted by molar-refractivity contribution is 6.60. The first-order chi connectivity index (χ1) is 14.4. The van der Waals surface area contributed by atoms with Gasteiger partial charge in [-0.1, -0.05) is 26.0 Å². The van der Waals surface area contributed by atoms with Gasteiger partial charge in [0.15, 0.2) is 0 Å². The minimum Gasteiger partial charge on any atom is -0.496 e. The molecule has 31 heavy (non-hydrogen) atoms. The first kappa shape index (κ1) is 22.9.